The average molecular weight is 477 g/mol. The number of halogens is 5. The lowest BCUT2D eigenvalue weighted by Gasteiger charge is -2.30. The van der Waals surface area contributed by atoms with E-state index in [0.717, 1.165) is 41.6 Å². The first-order valence-electron chi connectivity index (χ1n) is 11.7. The van der Waals surface area contributed by atoms with E-state index in [0.29, 0.717) is 25.6 Å². The molecule has 0 amide bonds. The summed E-state index contributed by atoms with van der Waals surface area (Å²) in [4.78, 5) is 2.27. The van der Waals surface area contributed by atoms with Gasteiger partial charge < -0.3 is 4.57 Å². The predicted molar refractivity (Wildman–Crippen MR) is 122 cm³/mol. The summed E-state index contributed by atoms with van der Waals surface area (Å²) >= 11 is 0. The average Bonchev–Trinajstić information content (AvgIpc) is 3.23. The lowest BCUT2D eigenvalue weighted by Crippen LogP contribution is -2.31. The molecule has 2 aromatic carbocycles. The van der Waals surface area contributed by atoms with Gasteiger partial charge in [0.1, 0.15) is 0 Å². The maximum Gasteiger partial charge on any atom is 0.416 e. The van der Waals surface area contributed by atoms with E-state index in [4.69, 9.17) is 0 Å². The van der Waals surface area contributed by atoms with E-state index >= 15 is 0 Å². The Morgan fingerprint density at radius 3 is 2.21 bits per heavy atom. The third-order valence-electron chi connectivity index (χ3n) is 6.57. The number of rotatable bonds is 8. The van der Waals surface area contributed by atoms with Crippen LogP contribution in [0.15, 0.2) is 60.8 Å². The first kappa shape index (κ1) is 24.5. The van der Waals surface area contributed by atoms with Gasteiger partial charge >= 0.3 is 6.18 Å². The van der Waals surface area contributed by atoms with Crippen LogP contribution in [0.4, 0.5) is 22.0 Å². The molecular formula is C27H29F5N2. The SMILES string of the molecule is Fc1ccc(CN(Cc2cccn2Cc2ccc(C(F)(F)F)cc2)CC2CCCCC2)cc1F. The van der Waals surface area contributed by atoms with Crippen LogP contribution in [0.5, 0.6) is 0 Å². The third kappa shape index (κ3) is 6.47. The van der Waals surface area contributed by atoms with Crippen LogP contribution in [-0.4, -0.2) is 16.0 Å². The molecule has 7 heteroatoms. The van der Waals surface area contributed by atoms with Crippen molar-refractivity contribution in [2.45, 2.75) is 57.9 Å². The van der Waals surface area contributed by atoms with Crippen molar-refractivity contribution in [3.63, 3.8) is 0 Å². The second-order valence-corrected chi connectivity index (χ2v) is 9.24. The van der Waals surface area contributed by atoms with Crippen molar-refractivity contribution in [3.05, 3.63) is 94.8 Å². The number of aromatic nitrogens is 1. The van der Waals surface area contributed by atoms with Crippen molar-refractivity contribution < 1.29 is 22.0 Å². The van der Waals surface area contributed by atoms with Crippen LogP contribution < -0.4 is 0 Å². The molecule has 1 heterocycles. The molecule has 0 radical (unpaired) electrons. The molecule has 0 saturated heterocycles. The van der Waals surface area contributed by atoms with Gasteiger partial charge in [-0.05, 0) is 66.3 Å². The highest BCUT2D eigenvalue weighted by molar-refractivity contribution is 5.25. The van der Waals surface area contributed by atoms with Crippen LogP contribution in [0.2, 0.25) is 0 Å². The third-order valence-corrected chi connectivity index (χ3v) is 6.57. The molecule has 0 spiro atoms. The summed E-state index contributed by atoms with van der Waals surface area (Å²) in [5, 5.41) is 0. The second-order valence-electron chi connectivity index (χ2n) is 9.24. The van der Waals surface area contributed by atoms with Crippen LogP contribution in [0.3, 0.4) is 0 Å². The summed E-state index contributed by atoms with van der Waals surface area (Å²) < 4.78 is 67.8. The first-order chi connectivity index (χ1) is 16.3. The molecule has 1 aliphatic rings. The summed E-state index contributed by atoms with van der Waals surface area (Å²) in [5.41, 5.74) is 1.87. The summed E-state index contributed by atoms with van der Waals surface area (Å²) in [6, 6.07) is 13.2. The Bertz CT molecular complexity index is 1070. The Hall–Kier alpha value is -2.67. The zero-order valence-corrected chi connectivity index (χ0v) is 19.0. The van der Waals surface area contributed by atoms with Crippen LogP contribution in [-0.2, 0) is 25.8 Å². The van der Waals surface area contributed by atoms with Gasteiger partial charge in [-0.2, -0.15) is 13.2 Å². The lowest BCUT2D eigenvalue weighted by atomic mass is 9.89. The van der Waals surface area contributed by atoms with E-state index in [2.05, 4.69) is 4.90 Å². The number of benzene rings is 2. The topological polar surface area (TPSA) is 8.17 Å². The van der Waals surface area contributed by atoms with Gasteiger partial charge in [0.2, 0.25) is 0 Å². The van der Waals surface area contributed by atoms with Crippen molar-refractivity contribution in [3.8, 4) is 0 Å². The largest absolute Gasteiger partial charge is 0.416 e. The summed E-state index contributed by atoms with van der Waals surface area (Å²) in [6.45, 7) is 2.44. The molecule has 3 aromatic rings. The molecule has 0 aliphatic heterocycles. The van der Waals surface area contributed by atoms with Gasteiger partial charge in [-0.25, -0.2) is 8.78 Å². The highest BCUT2D eigenvalue weighted by Gasteiger charge is 2.30. The smallest absolute Gasteiger partial charge is 0.346 e. The Morgan fingerprint density at radius 1 is 0.824 bits per heavy atom. The lowest BCUT2D eigenvalue weighted by molar-refractivity contribution is -0.137. The number of hydrogen-bond acceptors (Lipinski definition) is 1. The van der Waals surface area contributed by atoms with Crippen LogP contribution in [0, 0.1) is 17.6 Å². The first-order valence-corrected chi connectivity index (χ1v) is 11.7. The zero-order chi connectivity index (χ0) is 24.1. The van der Waals surface area contributed by atoms with Gasteiger partial charge in [-0.1, -0.05) is 37.5 Å². The maximum absolute atomic E-state index is 13.8. The highest BCUT2D eigenvalue weighted by Crippen LogP contribution is 2.29. The van der Waals surface area contributed by atoms with Gasteiger partial charge in [0.05, 0.1) is 5.56 Å². The van der Waals surface area contributed by atoms with Crippen molar-refractivity contribution in [1.29, 1.82) is 0 Å². The van der Waals surface area contributed by atoms with Crippen LogP contribution in [0.25, 0.3) is 0 Å². The highest BCUT2D eigenvalue weighted by atomic mass is 19.4. The van der Waals surface area contributed by atoms with E-state index in [1.165, 1.54) is 50.3 Å². The van der Waals surface area contributed by atoms with Crippen molar-refractivity contribution in [2.75, 3.05) is 6.54 Å². The quantitative estimate of drug-likeness (QED) is 0.307. The van der Waals surface area contributed by atoms with Gasteiger partial charge in [-0.15, -0.1) is 0 Å². The number of alkyl halides is 3. The van der Waals surface area contributed by atoms with E-state index in [-0.39, 0.29) is 0 Å². The van der Waals surface area contributed by atoms with E-state index in [1.54, 1.807) is 6.07 Å². The molecule has 34 heavy (non-hydrogen) atoms. The van der Waals surface area contributed by atoms with E-state index in [9.17, 15) is 22.0 Å². The number of nitrogens with zero attached hydrogens (tertiary/aromatic N) is 2. The molecule has 2 nitrogen and oxygen atoms in total. The molecule has 1 aromatic heterocycles. The normalized spacial score (nSPS) is 15.2. The fraction of sp³-hybridized carbons (Fsp3) is 0.407. The van der Waals surface area contributed by atoms with Crippen LogP contribution >= 0.6 is 0 Å². The molecule has 0 N–H and O–H groups in total. The zero-order valence-electron chi connectivity index (χ0n) is 19.0. The molecular weight excluding hydrogens is 447 g/mol. The second kappa shape index (κ2) is 10.7. The Kier molecular flexibility index (Phi) is 7.71. The van der Waals surface area contributed by atoms with Crippen LogP contribution in [0.1, 0.15) is 54.5 Å². The minimum absolute atomic E-state index is 0.461. The summed E-state index contributed by atoms with van der Waals surface area (Å²) in [5.74, 6) is -1.13. The molecule has 1 fully saturated rings. The van der Waals surface area contributed by atoms with Crippen molar-refractivity contribution in [1.82, 2.24) is 9.47 Å². The molecule has 1 saturated carbocycles. The van der Waals surface area contributed by atoms with E-state index in [1.807, 2.05) is 22.9 Å². The van der Waals surface area contributed by atoms with E-state index < -0.39 is 23.4 Å². The Morgan fingerprint density at radius 2 is 1.53 bits per heavy atom. The Balaban J connectivity index is 1.49. The van der Waals surface area contributed by atoms with Gasteiger partial charge in [-0.3, -0.25) is 4.90 Å². The Labute approximate surface area is 197 Å². The molecule has 1 aliphatic carbocycles. The van der Waals surface area contributed by atoms with Crippen molar-refractivity contribution >= 4 is 0 Å². The fourth-order valence-corrected chi connectivity index (χ4v) is 4.79. The minimum atomic E-state index is -4.35. The predicted octanol–water partition coefficient (Wildman–Crippen LogP) is 7.42. The fourth-order valence-electron chi connectivity index (χ4n) is 4.79. The monoisotopic (exact) mass is 476 g/mol. The van der Waals surface area contributed by atoms with Gasteiger partial charge in [0.25, 0.3) is 0 Å². The summed E-state index contributed by atoms with van der Waals surface area (Å²) in [6.07, 6.45) is 3.60. The van der Waals surface area contributed by atoms with Gasteiger partial charge in [0, 0.05) is 38.1 Å². The molecule has 182 valence electrons. The van der Waals surface area contributed by atoms with Gasteiger partial charge in [0.15, 0.2) is 11.6 Å². The molecule has 4 rings (SSSR count). The molecule has 0 atom stereocenters. The maximum atomic E-state index is 13.8. The number of hydrogen-bond donors (Lipinski definition) is 0. The minimum Gasteiger partial charge on any atom is -0.346 e. The summed E-state index contributed by atoms with van der Waals surface area (Å²) in [7, 11) is 0. The molecule has 0 unspecified atom stereocenters. The standard InChI is InChI=1S/C27H29F5N2/c28-25-13-10-22(15-26(25)29)17-33(16-20-5-2-1-3-6-20)19-24-7-4-14-34(24)18-21-8-11-23(12-9-21)27(30,31)32/h4,7-15,20H,1-3,5-6,16-19H2. The van der Waals surface area contributed by atoms with Crippen molar-refractivity contribution in [2.24, 2.45) is 5.92 Å². The molecule has 0 bridgehead atoms.